The van der Waals surface area contributed by atoms with Crippen LogP contribution in [0.3, 0.4) is 0 Å². The molecule has 4 nitrogen and oxygen atoms in total. The highest BCUT2D eigenvalue weighted by Crippen LogP contribution is 2.04. The van der Waals surface area contributed by atoms with Gasteiger partial charge in [-0.2, -0.15) is 0 Å². The molecule has 0 amide bonds. The van der Waals surface area contributed by atoms with Gasteiger partial charge in [0.2, 0.25) is 0 Å². The molecule has 1 atom stereocenters. The minimum Gasteiger partial charge on any atom is -0.389 e. The van der Waals surface area contributed by atoms with Crippen LogP contribution in [-0.4, -0.2) is 17.8 Å². The SMILES string of the molecule is CC(O)C1=C(N)NNC1. The van der Waals surface area contributed by atoms with Crippen molar-refractivity contribution >= 4 is 0 Å². The summed E-state index contributed by atoms with van der Waals surface area (Å²) >= 11 is 0. The smallest absolute Gasteiger partial charge is 0.114 e. The summed E-state index contributed by atoms with van der Waals surface area (Å²) in [4.78, 5) is 0. The van der Waals surface area contributed by atoms with Crippen LogP contribution < -0.4 is 16.6 Å². The largest absolute Gasteiger partial charge is 0.389 e. The van der Waals surface area contributed by atoms with Crippen LogP contribution in [0.1, 0.15) is 6.92 Å². The Kier molecular flexibility index (Phi) is 1.59. The number of hydrogen-bond acceptors (Lipinski definition) is 4. The third kappa shape index (κ3) is 1.14. The van der Waals surface area contributed by atoms with Gasteiger partial charge in [-0.1, -0.05) is 0 Å². The quantitative estimate of drug-likeness (QED) is 0.353. The molecule has 5 N–H and O–H groups in total. The first-order valence-electron chi connectivity index (χ1n) is 2.87. The fourth-order valence-electron chi connectivity index (χ4n) is 0.783. The molecular weight excluding hydrogens is 118 g/mol. The van der Waals surface area contributed by atoms with E-state index in [4.69, 9.17) is 10.8 Å². The highest BCUT2D eigenvalue weighted by molar-refractivity contribution is 5.18. The van der Waals surface area contributed by atoms with E-state index in [1.165, 1.54) is 0 Å². The van der Waals surface area contributed by atoms with E-state index in [1.807, 2.05) is 0 Å². The average molecular weight is 129 g/mol. The topological polar surface area (TPSA) is 70.3 Å². The second-order valence-corrected chi connectivity index (χ2v) is 2.09. The first-order chi connectivity index (χ1) is 4.22. The lowest BCUT2D eigenvalue weighted by atomic mass is 10.2. The van der Waals surface area contributed by atoms with E-state index in [9.17, 15) is 0 Å². The van der Waals surface area contributed by atoms with E-state index in [-0.39, 0.29) is 0 Å². The van der Waals surface area contributed by atoms with Crippen LogP contribution in [0.25, 0.3) is 0 Å². The lowest BCUT2D eigenvalue weighted by Crippen LogP contribution is -2.26. The third-order valence-electron chi connectivity index (χ3n) is 1.35. The van der Waals surface area contributed by atoms with Crippen LogP contribution in [0.15, 0.2) is 11.4 Å². The predicted molar refractivity (Wildman–Crippen MR) is 34.0 cm³/mol. The van der Waals surface area contributed by atoms with Crippen molar-refractivity contribution in [3.63, 3.8) is 0 Å². The third-order valence-corrected chi connectivity index (χ3v) is 1.35. The Morgan fingerprint density at radius 2 is 2.44 bits per heavy atom. The van der Waals surface area contributed by atoms with Gasteiger partial charge in [-0.3, -0.25) is 0 Å². The first kappa shape index (κ1) is 6.38. The van der Waals surface area contributed by atoms with Crippen LogP contribution in [0, 0.1) is 0 Å². The number of hydrazine groups is 1. The van der Waals surface area contributed by atoms with Gasteiger partial charge in [0.15, 0.2) is 0 Å². The van der Waals surface area contributed by atoms with Gasteiger partial charge in [-0.05, 0) is 6.92 Å². The molecule has 0 saturated carbocycles. The van der Waals surface area contributed by atoms with Gasteiger partial charge in [0, 0.05) is 12.1 Å². The number of aliphatic hydroxyl groups is 1. The summed E-state index contributed by atoms with van der Waals surface area (Å²) in [6.45, 7) is 2.32. The summed E-state index contributed by atoms with van der Waals surface area (Å²) in [6, 6.07) is 0. The molecule has 0 saturated heterocycles. The molecule has 0 aliphatic carbocycles. The maximum Gasteiger partial charge on any atom is 0.114 e. The molecular formula is C5H11N3O. The normalized spacial score (nSPS) is 22.0. The molecule has 1 rings (SSSR count). The number of hydrogen-bond donors (Lipinski definition) is 4. The summed E-state index contributed by atoms with van der Waals surface area (Å²) in [5.41, 5.74) is 11.7. The minimum atomic E-state index is -0.451. The summed E-state index contributed by atoms with van der Waals surface area (Å²) in [5.74, 6) is 0.546. The zero-order valence-electron chi connectivity index (χ0n) is 5.31. The van der Waals surface area contributed by atoms with Crippen molar-refractivity contribution in [2.24, 2.45) is 5.73 Å². The average Bonchev–Trinajstić information content (AvgIpc) is 2.13. The predicted octanol–water partition coefficient (Wildman–Crippen LogP) is -1.35. The highest BCUT2D eigenvalue weighted by atomic mass is 16.3. The molecule has 0 fully saturated rings. The number of nitrogens with two attached hydrogens (primary N) is 1. The Bertz CT molecular complexity index is 141. The van der Waals surface area contributed by atoms with Gasteiger partial charge in [0.05, 0.1) is 6.10 Å². The molecule has 9 heavy (non-hydrogen) atoms. The van der Waals surface area contributed by atoms with E-state index >= 15 is 0 Å². The summed E-state index contributed by atoms with van der Waals surface area (Å²) in [6.07, 6.45) is -0.451. The molecule has 0 radical (unpaired) electrons. The molecule has 0 spiro atoms. The van der Waals surface area contributed by atoms with E-state index in [0.29, 0.717) is 12.4 Å². The van der Waals surface area contributed by atoms with Crippen LogP contribution in [0.4, 0.5) is 0 Å². The molecule has 4 heteroatoms. The lowest BCUT2D eigenvalue weighted by molar-refractivity contribution is 0.229. The molecule has 0 aromatic carbocycles. The van der Waals surface area contributed by atoms with Gasteiger partial charge >= 0.3 is 0 Å². The molecule has 0 aromatic rings. The van der Waals surface area contributed by atoms with Gasteiger partial charge in [-0.25, -0.2) is 5.43 Å². The highest BCUT2D eigenvalue weighted by Gasteiger charge is 2.14. The monoisotopic (exact) mass is 129 g/mol. The standard InChI is InChI=1S/C5H11N3O/c1-3(9)4-2-7-8-5(4)6/h3,7-9H,2,6H2,1H3. The van der Waals surface area contributed by atoms with Crippen LogP contribution in [0.2, 0.25) is 0 Å². The number of nitrogens with one attached hydrogen (secondary N) is 2. The van der Waals surface area contributed by atoms with E-state index in [1.54, 1.807) is 6.92 Å². The lowest BCUT2D eigenvalue weighted by Gasteiger charge is -2.02. The molecule has 1 heterocycles. The minimum absolute atomic E-state index is 0.451. The first-order valence-corrected chi connectivity index (χ1v) is 2.87. The fourth-order valence-corrected chi connectivity index (χ4v) is 0.783. The van der Waals surface area contributed by atoms with Crippen molar-refractivity contribution in [1.82, 2.24) is 10.9 Å². The molecule has 0 bridgehead atoms. The van der Waals surface area contributed by atoms with E-state index in [0.717, 1.165) is 5.57 Å². The molecule has 0 aromatic heterocycles. The summed E-state index contributed by atoms with van der Waals surface area (Å²) in [5, 5.41) is 9.00. The molecule has 52 valence electrons. The second-order valence-electron chi connectivity index (χ2n) is 2.09. The number of rotatable bonds is 1. The summed E-state index contributed by atoms with van der Waals surface area (Å²) in [7, 11) is 0. The molecule has 1 unspecified atom stereocenters. The fraction of sp³-hybridized carbons (Fsp3) is 0.600. The van der Waals surface area contributed by atoms with E-state index < -0.39 is 6.10 Å². The van der Waals surface area contributed by atoms with Crippen molar-refractivity contribution in [3.8, 4) is 0 Å². The van der Waals surface area contributed by atoms with Crippen molar-refractivity contribution < 1.29 is 5.11 Å². The van der Waals surface area contributed by atoms with Crippen molar-refractivity contribution in [1.29, 1.82) is 0 Å². The Morgan fingerprint density at radius 3 is 2.67 bits per heavy atom. The van der Waals surface area contributed by atoms with Crippen LogP contribution in [0.5, 0.6) is 0 Å². The van der Waals surface area contributed by atoms with Gasteiger partial charge in [0.25, 0.3) is 0 Å². The Labute approximate surface area is 53.7 Å². The second kappa shape index (κ2) is 2.24. The Morgan fingerprint density at radius 1 is 1.78 bits per heavy atom. The van der Waals surface area contributed by atoms with Crippen LogP contribution in [-0.2, 0) is 0 Å². The van der Waals surface area contributed by atoms with Crippen molar-refractivity contribution in [3.05, 3.63) is 11.4 Å². The van der Waals surface area contributed by atoms with Crippen molar-refractivity contribution in [2.45, 2.75) is 13.0 Å². The molecule has 1 aliphatic heterocycles. The zero-order valence-corrected chi connectivity index (χ0v) is 5.31. The Balaban J connectivity index is 2.66. The summed E-state index contributed by atoms with van der Waals surface area (Å²) < 4.78 is 0. The number of aliphatic hydroxyl groups excluding tert-OH is 1. The van der Waals surface area contributed by atoms with Gasteiger partial charge in [-0.15, -0.1) is 0 Å². The van der Waals surface area contributed by atoms with Crippen LogP contribution >= 0.6 is 0 Å². The van der Waals surface area contributed by atoms with Crippen molar-refractivity contribution in [2.75, 3.05) is 6.54 Å². The van der Waals surface area contributed by atoms with Gasteiger partial charge in [0.1, 0.15) is 5.82 Å². The van der Waals surface area contributed by atoms with Gasteiger partial charge < -0.3 is 16.3 Å². The maximum absolute atomic E-state index is 9.00. The maximum atomic E-state index is 9.00. The van der Waals surface area contributed by atoms with E-state index in [2.05, 4.69) is 10.9 Å². The Hall–Kier alpha value is -0.740. The molecule has 1 aliphatic rings. The zero-order chi connectivity index (χ0) is 6.85.